The average Bonchev–Trinajstić information content (AvgIpc) is 2.72. The van der Waals surface area contributed by atoms with E-state index in [1.165, 1.54) is 0 Å². The van der Waals surface area contributed by atoms with Gasteiger partial charge in [0, 0.05) is 0 Å². The number of ketones is 1. The number of Topliss-reactive ketones (excluding diaryl/α,β-unsaturated/α-hetero) is 1. The molecule has 0 aromatic heterocycles. The van der Waals surface area contributed by atoms with E-state index >= 15 is 0 Å². The second-order valence-electron chi connectivity index (χ2n) is 4.84. The van der Waals surface area contributed by atoms with Crippen molar-refractivity contribution in [1.29, 1.82) is 0 Å². The Bertz CT molecular complexity index is 384. The molecular weight excluding hydrogens is 330 g/mol. The predicted molar refractivity (Wildman–Crippen MR) is 67.0 cm³/mol. The zero-order chi connectivity index (χ0) is 14.4. The van der Waals surface area contributed by atoms with Crippen LogP contribution in [0.3, 0.4) is 0 Å². The number of hydrogen-bond donors (Lipinski definition) is 3. The molecule has 0 spiro atoms. The fraction of sp³-hybridized carbons (Fsp3) is 0.667. The van der Waals surface area contributed by atoms with Gasteiger partial charge in [-0.3, -0.25) is 0 Å². The average molecular weight is 349 g/mol. The number of carbonyl (C=O) groups is 3. The summed E-state index contributed by atoms with van der Waals surface area (Å²) >= 11 is 1.68. The van der Waals surface area contributed by atoms with Gasteiger partial charge in [-0.15, -0.1) is 0 Å². The molecule has 1 fully saturated rings. The van der Waals surface area contributed by atoms with E-state index in [4.69, 9.17) is 0 Å². The molecule has 0 radical (unpaired) electrons. The summed E-state index contributed by atoms with van der Waals surface area (Å²) in [5.41, 5.74) is 0. The van der Waals surface area contributed by atoms with Gasteiger partial charge in [0.2, 0.25) is 0 Å². The summed E-state index contributed by atoms with van der Waals surface area (Å²) in [5, 5.41) is 8.18. The van der Waals surface area contributed by atoms with Crippen molar-refractivity contribution in [3.05, 3.63) is 0 Å². The molecule has 0 aromatic rings. The summed E-state index contributed by atoms with van der Waals surface area (Å²) < 4.78 is 1.63. The van der Waals surface area contributed by atoms with E-state index in [0.29, 0.717) is 19.4 Å². The van der Waals surface area contributed by atoms with Crippen molar-refractivity contribution in [2.24, 2.45) is 5.92 Å². The first-order chi connectivity index (χ1) is 8.95. The van der Waals surface area contributed by atoms with E-state index in [1.807, 2.05) is 0 Å². The summed E-state index contributed by atoms with van der Waals surface area (Å²) in [6, 6.07) is -0.724. The molecule has 0 aliphatic carbocycles. The molecule has 1 aliphatic heterocycles. The van der Waals surface area contributed by atoms with Gasteiger partial charge in [-0.1, -0.05) is 0 Å². The zero-order valence-electron chi connectivity index (χ0n) is 11.1. The van der Waals surface area contributed by atoms with Crippen molar-refractivity contribution in [2.75, 3.05) is 6.54 Å². The Kier molecular flexibility index (Phi) is 6.52. The van der Waals surface area contributed by atoms with E-state index in [9.17, 15) is 14.4 Å². The van der Waals surface area contributed by atoms with E-state index in [1.54, 1.807) is 37.7 Å². The second kappa shape index (κ2) is 7.65. The molecule has 1 rings (SSSR count). The maximum absolute atomic E-state index is 12.0. The molecule has 19 heavy (non-hydrogen) atoms. The minimum atomic E-state index is -0.639. The zero-order valence-corrected chi connectivity index (χ0v) is 13.1. The molecule has 1 aliphatic rings. The Balaban J connectivity index is 2.65. The summed E-state index contributed by atoms with van der Waals surface area (Å²) in [7, 11) is 0. The third-order valence-corrected chi connectivity index (χ3v) is 3.25. The molecule has 106 valence electrons. The summed E-state index contributed by atoms with van der Waals surface area (Å²) in [6.07, 6.45) is 1.06. The van der Waals surface area contributed by atoms with Crippen LogP contribution in [-0.2, 0) is 33.7 Å². The Morgan fingerprint density at radius 2 is 2.21 bits per heavy atom. The van der Waals surface area contributed by atoms with Crippen LogP contribution in [0.4, 0.5) is 0 Å². The number of carbonyl (C=O) groups excluding carboxylic acids is 3. The first kappa shape index (κ1) is 16.2. The molecule has 2 atom stereocenters. The van der Waals surface area contributed by atoms with Gasteiger partial charge >= 0.3 is 123 Å². The van der Waals surface area contributed by atoms with Gasteiger partial charge in [-0.25, -0.2) is 0 Å². The molecule has 0 unspecified atom stereocenters. The SMILES string of the molecule is CC(C)NC(=O)C(=O)[C@H](C[C@@H]1CCNC1=O)N[CH]=[Mo]. The molecule has 6 nitrogen and oxygen atoms in total. The standard InChI is InChI=1S/C12H19N3O3.Mo/c1-7(2)15-12(18)10(16)9(13-3)6-8-4-5-14-11(8)17;/h3,7-9,13H,4-6H2,1-2H3,(H,14,17)(H,15,18);/t8-,9-;/m0./s1. The topological polar surface area (TPSA) is 87.3 Å². The number of nitrogens with one attached hydrogen (secondary N) is 3. The molecule has 1 saturated heterocycles. The Hall–Kier alpha value is -0.872. The Morgan fingerprint density at radius 3 is 2.68 bits per heavy atom. The van der Waals surface area contributed by atoms with Gasteiger partial charge in [0.15, 0.2) is 0 Å². The maximum atomic E-state index is 12.0. The molecule has 2 amide bonds. The third-order valence-electron chi connectivity index (χ3n) is 2.91. The van der Waals surface area contributed by atoms with Crippen LogP contribution in [0, 0.1) is 5.92 Å². The molecule has 1 heterocycles. The molecule has 7 heteroatoms. The second-order valence-corrected chi connectivity index (χ2v) is 5.42. The molecule has 0 bridgehead atoms. The van der Waals surface area contributed by atoms with Crippen LogP contribution in [0.25, 0.3) is 0 Å². The Labute approximate surface area is 123 Å². The van der Waals surface area contributed by atoms with Crippen molar-refractivity contribution in [3.63, 3.8) is 0 Å². The van der Waals surface area contributed by atoms with Crippen LogP contribution < -0.4 is 16.0 Å². The number of rotatable bonds is 7. The third kappa shape index (κ3) is 4.95. The van der Waals surface area contributed by atoms with Gasteiger partial charge < -0.3 is 0 Å². The monoisotopic (exact) mass is 351 g/mol. The van der Waals surface area contributed by atoms with Crippen LogP contribution in [-0.4, -0.2) is 40.8 Å². The van der Waals surface area contributed by atoms with E-state index in [0.717, 1.165) is 0 Å². The van der Waals surface area contributed by atoms with Crippen molar-refractivity contribution >= 4 is 22.1 Å². The normalized spacial score (nSPS) is 19.9. The number of hydrogen-bond acceptors (Lipinski definition) is 4. The quantitative estimate of drug-likeness (QED) is 0.401. The number of amides is 2. The Morgan fingerprint density at radius 1 is 1.53 bits per heavy atom. The van der Waals surface area contributed by atoms with Crippen LogP contribution in [0.5, 0.6) is 0 Å². The van der Waals surface area contributed by atoms with Crippen molar-refractivity contribution in [3.8, 4) is 0 Å². The fourth-order valence-electron chi connectivity index (χ4n) is 1.98. The van der Waals surface area contributed by atoms with E-state index in [-0.39, 0.29) is 17.9 Å². The van der Waals surface area contributed by atoms with Crippen LogP contribution >= 0.6 is 0 Å². The predicted octanol–water partition coefficient (Wildman–Crippen LogP) is -1.13. The van der Waals surface area contributed by atoms with E-state index < -0.39 is 17.7 Å². The van der Waals surface area contributed by atoms with Crippen molar-refractivity contribution in [2.45, 2.75) is 38.8 Å². The van der Waals surface area contributed by atoms with Crippen molar-refractivity contribution < 1.29 is 33.7 Å². The van der Waals surface area contributed by atoms with Gasteiger partial charge in [0.05, 0.1) is 0 Å². The fourth-order valence-corrected chi connectivity index (χ4v) is 2.38. The summed E-state index contributed by atoms with van der Waals surface area (Å²) in [6.45, 7) is 4.23. The van der Waals surface area contributed by atoms with Crippen LogP contribution in [0.2, 0.25) is 0 Å². The van der Waals surface area contributed by atoms with Gasteiger partial charge in [-0.2, -0.15) is 0 Å². The molecule has 0 aromatic carbocycles. The van der Waals surface area contributed by atoms with Crippen LogP contribution in [0.15, 0.2) is 0 Å². The van der Waals surface area contributed by atoms with E-state index in [2.05, 4.69) is 16.0 Å². The molecule has 0 saturated carbocycles. The van der Waals surface area contributed by atoms with Gasteiger partial charge in [0.1, 0.15) is 0 Å². The molecular formula is C12H19MoN3O3. The summed E-state index contributed by atoms with van der Waals surface area (Å²) in [5.74, 6) is -1.36. The van der Waals surface area contributed by atoms with Crippen molar-refractivity contribution in [1.82, 2.24) is 16.0 Å². The first-order valence-corrected chi connectivity index (χ1v) is 7.43. The minimum absolute atomic E-state index is 0.0409. The van der Waals surface area contributed by atoms with Gasteiger partial charge in [0.25, 0.3) is 0 Å². The molecule has 3 N–H and O–H groups in total. The summed E-state index contributed by atoms with van der Waals surface area (Å²) in [4.78, 5) is 35.3. The van der Waals surface area contributed by atoms with Crippen LogP contribution in [0.1, 0.15) is 26.7 Å². The van der Waals surface area contributed by atoms with Gasteiger partial charge in [-0.05, 0) is 0 Å². The first-order valence-electron chi connectivity index (χ1n) is 6.27.